The molecule has 0 aliphatic rings. The van der Waals surface area contributed by atoms with Crippen molar-refractivity contribution in [3.63, 3.8) is 0 Å². The molecule has 128 valence electrons. The molecule has 3 nitrogen and oxygen atoms in total. The number of rotatable bonds is 8. The molecule has 0 aromatic heterocycles. The van der Waals surface area contributed by atoms with Crippen molar-refractivity contribution in [2.75, 3.05) is 26.5 Å². The standard InChI is InChI=1S/C19H29NO2S/c1-19(2,13-12-18(21)23-4)20(3)14-8-9-15-22-16-17-10-6-5-7-11-17/h5-7,10-11,21,23H,8-9,14-16H2,1-4H3. The number of ether oxygens (including phenoxy) is 1. The van der Waals surface area contributed by atoms with Gasteiger partial charge in [-0.1, -0.05) is 36.3 Å². The third-order valence-corrected chi connectivity index (χ3v) is 4.33. The zero-order chi connectivity index (χ0) is 17.1. The van der Waals surface area contributed by atoms with Crippen LogP contribution in [0.4, 0.5) is 0 Å². The molecule has 1 aromatic carbocycles. The van der Waals surface area contributed by atoms with Crippen LogP contribution in [0.25, 0.3) is 0 Å². The SMILES string of the molecule is C[SH]=C(O)C#CC(C)(C)N(C)CCCCOCc1ccccc1. The Kier molecular flexibility index (Phi) is 9.20. The van der Waals surface area contributed by atoms with E-state index in [0.29, 0.717) is 6.61 Å². The Labute approximate surface area is 144 Å². The van der Waals surface area contributed by atoms with Gasteiger partial charge in [-0.15, -0.1) is 0 Å². The largest absolute Gasteiger partial charge is 0.377 e. The molecule has 4 heteroatoms. The first-order valence-corrected chi connectivity index (χ1v) is 9.31. The zero-order valence-corrected chi connectivity index (χ0v) is 15.6. The minimum Gasteiger partial charge on any atom is -0.377 e. The van der Waals surface area contributed by atoms with Crippen LogP contribution in [0.15, 0.2) is 30.3 Å². The topological polar surface area (TPSA) is 32.7 Å². The van der Waals surface area contributed by atoms with Crippen LogP contribution in [0.2, 0.25) is 0 Å². The van der Waals surface area contributed by atoms with Gasteiger partial charge in [-0.3, -0.25) is 4.90 Å². The van der Waals surface area contributed by atoms with Gasteiger partial charge >= 0.3 is 0 Å². The minimum atomic E-state index is -0.246. The Balaban J connectivity index is 2.22. The molecule has 0 aliphatic carbocycles. The molecule has 0 saturated heterocycles. The summed E-state index contributed by atoms with van der Waals surface area (Å²) >= 11 is 0.814. The van der Waals surface area contributed by atoms with E-state index >= 15 is 0 Å². The highest BCUT2D eigenvalue weighted by Crippen LogP contribution is 2.12. The van der Waals surface area contributed by atoms with Gasteiger partial charge in [0.05, 0.1) is 12.1 Å². The second kappa shape index (κ2) is 10.6. The summed E-state index contributed by atoms with van der Waals surface area (Å²) in [7, 11) is 2.07. The number of hydrogen-bond acceptors (Lipinski definition) is 2. The molecule has 0 unspecified atom stereocenters. The molecule has 0 radical (unpaired) electrons. The van der Waals surface area contributed by atoms with Crippen molar-refractivity contribution >= 4 is 16.4 Å². The summed E-state index contributed by atoms with van der Waals surface area (Å²) in [5, 5.41) is 9.69. The van der Waals surface area contributed by atoms with Gasteiger partial charge in [-0.2, -0.15) is 11.4 Å². The summed E-state index contributed by atoms with van der Waals surface area (Å²) in [5.74, 6) is 5.96. The van der Waals surface area contributed by atoms with E-state index in [4.69, 9.17) is 4.74 Å². The highest BCUT2D eigenvalue weighted by atomic mass is 32.1. The normalized spacial score (nSPS) is 12.5. The summed E-state index contributed by atoms with van der Waals surface area (Å²) in [6.07, 6.45) is 3.97. The molecular weight excluding hydrogens is 306 g/mol. The van der Waals surface area contributed by atoms with Crippen LogP contribution in [-0.2, 0) is 11.3 Å². The third kappa shape index (κ3) is 8.34. The van der Waals surface area contributed by atoms with E-state index in [0.717, 1.165) is 37.3 Å². The predicted molar refractivity (Wildman–Crippen MR) is 102 cm³/mol. The Morgan fingerprint density at radius 1 is 1.26 bits per heavy atom. The van der Waals surface area contributed by atoms with Gasteiger partial charge in [-0.05, 0) is 58.0 Å². The van der Waals surface area contributed by atoms with Crippen molar-refractivity contribution in [1.29, 1.82) is 0 Å². The Morgan fingerprint density at radius 2 is 1.96 bits per heavy atom. The van der Waals surface area contributed by atoms with Gasteiger partial charge in [0, 0.05) is 6.61 Å². The van der Waals surface area contributed by atoms with E-state index in [-0.39, 0.29) is 10.6 Å². The van der Waals surface area contributed by atoms with Crippen molar-refractivity contribution in [3.05, 3.63) is 35.9 Å². The quantitative estimate of drug-likeness (QED) is 0.330. The third-order valence-electron chi connectivity index (χ3n) is 3.79. The van der Waals surface area contributed by atoms with Crippen LogP contribution >= 0.6 is 11.4 Å². The Hall–Kier alpha value is -1.12. The molecule has 1 rings (SSSR count). The molecule has 23 heavy (non-hydrogen) atoms. The molecule has 0 heterocycles. The monoisotopic (exact) mass is 335 g/mol. The first-order valence-electron chi connectivity index (χ1n) is 7.97. The molecule has 0 saturated carbocycles. The average molecular weight is 336 g/mol. The summed E-state index contributed by atoms with van der Waals surface area (Å²) < 4.78 is 5.70. The van der Waals surface area contributed by atoms with Crippen LogP contribution < -0.4 is 0 Å². The second-order valence-corrected chi connectivity index (χ2v) is 6.89. The van der Waals surface area contributed by atoms with Gasteiger partial charge in [-0.25, -0.2) is 0 Å². The van der Waals surface area contributed by atoms with Crippen LogP contribution in [0, 0.1) is 11.8 Å². The van der Waals surface area contributed by atoms with E-state index < -0.39 is 0 Å². The molecule has 0 spiro atoms. The maximum absolute atomic E-state index is 9.47. The predicted octanol–water partition coefficient (Wildman–Crippen LogP) is 3.48. The van der Waals surface area contributed by atoms with E-state index in [1.165, 1.54) is 5.56 Å². The Morgan fingerprint density at radius 3 is 2.61 bits per heavy atom. The minimum absolute atomic E-state index is 0.223. The fourth-order valence-electron chi connectivity index (χ4n) is 1.96. The maximum Gasteiger partial charge on any atom is 0.145 e. The van der Waals surface area contributed by atoms with Gasteiger partial charge in [0.15, 0.2) is 0 Å². The van der Waals surface area contributed by atoms with Crippen molar-refractivity contribution in [3.8, 4) is 11.8 Å². The molecule has 1 aromatic rings. The number of hydrogen-bond donors (Lipinski definition) is 2. The van der Waals surface area contributed by atoms with E-state index in [1.807, 2.05) is 24.5 Å². The zero-order valence-electron chi connectivity index (χ0n) is 14.7. The lowest BCUT2D eigenvalue weighted by Crippen LogP contribution is -2.40. The molecular formula is C19H29NO2S. The molecule has 0 atom stereocenters. The van der Waals surface area contributed by atoms with Gasteiger partial charge in [0.1, 0.15) is 5.05 Å². The lowest BCUT2D eigenvalue weighted by Gasteiger charge is -2.30. The molecule has 0 fully saturated rings. The highest BCUT2D eigenvalue weighted by Gasteiger charge is 2.20. The summed E-state index contributed by atoms with van der Waals surface area (Å²) in [5.41, 5.74) is 0.969. The average Bonchev–Trinajstić information content (AvgIpc) is 2.56. The second-order valence-electron chi connectivity index (χ2n) is 6.02. The number of aliphatic hydroxyl groups excluding tert-OH is 1. The fourth-order valence-corrected chi connectivity index (χ4v) is 2.12. The Bertz CT molecular complexity index is 543. The van der Waals surface area contributed by atoms with E-state index in [2.05, 4.69) is 49.8 Å². The van der Waals surface area contributed by atoms with Crippen LogP contribution in [0.3, 0.4) is 0 Å². The number of benzene rings is 1. The number of nitrogens with zero attached hydrogens (tertiary/aromatic N) is 1. The molecule has 0 aliphatic heterocycles. The first kappa shape index (κ1) is 19.9. The van der Waals surface area contributed by atoms with Crippen molar-refractivity contribution < 1.29 is 9.84 Å². The lowest BCUT2D eigenvalue weighted by molar-refractivity contribution is 0.112. The lowest BCUT2D eigenvalue weighted by atomic mass is 10.0. The van der Waals surface area contributed by atoms with Crippen molar-refractivity contribution in [1.82, 2.24) is 4.90 Å². The first-order chi connectivity index (χ1) is 11.0. The van der Waals surface area contributed by atoms with Crippen LogP contribution in [0.1, 0.15) is 32.3 Å². The van der Waals surface area contributed by atoms with E-state index in [1.54, 1.807) is 0 Å². The van der Waals surface area contributed by atoms with Crippen molar-refractivity contribution in [2.24, 2.45) is 0 Å². The number of thiol groups is 1. The molecule has 0 bridgehead atoms. The summed E-state index contributed by atoms with van der Waals surface area (Å²) in [6, 6.07) is 10.2. The number of aliphatic hydroxyl groups is 1. The van der Waals surface area contributed by atoms with Crippen molar-refractivity contribution in [2.45, 2.75) is 38.8 Å². The summed E-state index contributed by atoms with van der Waals surface area (Å²) in [6.45, 7) is 6.57. The van der Waals surface area contributed by atoms with Gasteiger partial charge in [0.2, 0.25) is 0 Å². The maximum atomic E-state index is 9.47. The van der Waals surface area contributed by atoms with E-state index in [9.17, 15) is 5.11 Å². The smallest absolute Gasteiger partial charge is 0.145 e. The molecule has 1 N–H and O–H groups in total. The van der Waals surface area contributed by atoms with Crippen LogP contribution in [-0.4, -0.2) is 47.1 Å². The van der Waals surface area contributed by atoms with Gasteiger partial charge in [0.25, 0.3) is 0 Å². The fraction of sp³-hybridized carbons (Fsp3) is 0.526. The highest BCUT2D eigenvalue weighted by molar-refractivity contribution is 7.98. The number of unbranched alkanes of at least 4 members (excludes halogenated alkanes) is 1. The molecule has 0 amide bonds. The van der Waals surface area contributed by atoms with Gasteiger partial charge < -0.3 is 9.84 Å². The van der Waals surface area contributed by atoms with Crippen LogP contribution in [0.5, 0.6) is 0 Å². The summed E-state index contributed by atoms with van der Waals surface area (Å²) in [4.78, 5) is 2.22.